The molecule has 0 radical (unpaired) electrons. The maximum atomic E-state index is 12.5. The van der Waals surface area contributed by atoms with Gasteiger partial charge in [0.1, 0.15) is 0 Å². The van der Waals surface area contributed by atoms with Crippen molar-refractivity contribution in [1.29, 1.82) is 0 Å². The van der Waals surface area contributed by atoms with E-state index in [0.29, 0.717) is 17.9 Å². The molecule has 0 spiro atoms. The summed E-state index contributed by atoms with van der Waals surface area (Å²) in [7, 11) is -3.47. The summed E-state index contributed by atoms with van der Waals surface area (Å²) in [4.78, 5) is 10.9. The Morgan fingerprint density at radius 3 is 2.46 bits per heavy atom. The second-order valence-electron chi connectivity index (χ2n) is 7.98. The van der Waals surface area contributed by atoms with E-state index in [1.165, 1.54) is 19.3 Å². The van der Waals surface area contributed by atoms with Crippen molar-refractivity contribution < 1.29 is 18.3 Å². The third-order valence-corrected chi connectivity index (χ3v) is 7.15. The fourth-order valence-corrected chi connectivity index (χ4v) is 4.96. The molecule has 1 aromatic carbocycles. The summed E-state index contributed by atoms with van der Waals surface area (Å²) in [6.45, 7) is 2.38. The molecule has 2 rings (SSSR count). The highest BCUT2D eigenvalue weighted by atomic mass is 32.2. The standard InChI is InChI=1S/C22H33NO4S/c1-19-10-12-20(13-11-19)28(26,27)23-18-17-22(15-7-4-8-16-22)14-6-3-2-5-9-21(24)25/h3,6,10-13,23H,2,4-5,7-9,14-18H2,1H3,(H,24,25). The van der Waals surface area contributed by atoms with Gasteiger partial charge in [0.15, 0.2) is 0 Å². The van der Waals surface area contributed by atoms with Crippen LogP contribution in [-0.2, 0) is 14.8 Å². The normalized spacial score (nSPS) is 17.0. The number of carbonyl (C=O) groups is 1. The SMILES string of the molecule is Cc1ccc(S(=O)(=O)NCCC2(CC=CCCCC(=O)O)CCCCC2)cc1. The first kappa shape index (κ1) is 22.6. The van der Waals surface area contributed by atoms with Crippen LogP contribution in [0.2, 0.25) is 0 Å². The van der Waals surface area contributed by atoms with Crippen LogP contribution in [0.1, 0.15) is 69.8 Å². The van der Waals surface area contributed by atoms with Crippen molar-refractivity contribution in [2.24, 2.45) is 5.41 Å². The molecule has 0 amide bonds. The first-order valence-electron chi connectivity index (χ1n) is 10.3. The monoisotopic (exact) mass is 407 g/mol. The molecule has 5 nitrogen and oxygen atoms in total. The highest BCUT2D eigenvalue weighted by molar-refractivity contribution is 7.89. The van der Waals surface area contributed by atoms with Crippen LogP contribution < -0.4 is 4.72 Å². The Kier molecular flexibility index (Phi) is 8.70. The predicted octanol–water partition coefficient (Wildman–Crippen LogP) is 4.82. The zero-order valence-corrected chi connectivity index (χ0v) is 17.6. The second kappa shape index (κ2) is 10.8. The number of benzene rings is 1. The predicted molar refractivity (Wildman–Crippen MR) is 112 cm³/mol. The van der Waals surface area contributed by atoms with E-state index in [2.05, 4.69) is 16.9 Å². The van der Waals surface area contributed by atoms with Crippen LogP contribution in [0.3, 0.4) is 0 Å². The maximum absolute atomic E-state index is 12.5. The van der Waals surface area contributed by atoms with Gasteiger partial charge in [-0.25, -0.2) is 13.1 Å². The van der Waals surface area contributed by atoms with Gasteiger partial charge < -0.3 is 5.11 Å². The number of nitrogens with one attached hydrogen (secondary N) is 1. The number of aryl methyl sites for hydroxylation is 1. The Hall–Kier alpha value is -1.66. The van der Waals surface area contributed by atoms with Crippen LogP contribution >= 0.6 is 0 Å². The van der Waals surface area contributed by atoms with Crippen molar-refractivity contribution in [2.75, 3.05) is 6.54 Å². The molecule has 1 aliphatic rings. The van der Waals surface area contributed by atoms with Crippen LogP contribution in [0.4, 0.5) is 0 Å². The smallest absolute Gasteiger partial charge is 0.303 e. The topological polar surface area (TPSA) is 83.5 Å². The fraction of sp³-hybridized carbons (Fsp3) is 0.591. The van der Waals surface area contributed by atoms with Gasteiger partial charge in [0.05, 0.1) is 4.90 Å². The number of carboxylic acids is 1. The molecule has 0 unspecified atom stereocenters. The number of unbranched alkanes of at least 4 members (excludes halogenated alkanes) is 1. The van der Waals surface area contributed by atoms with Crippen molar-refractivity contribution in [3.63, 3.8) is 0 Å². The molecule has 1 aromatic rings. The third-order valence-electron chi connectivity index (χ3n) is 5.67. The highest BCUT2D eigenvalue weighted by Gasteiger charge is 2.30. The lowest BCUT2D eigenvalue weighted by Gasteiger charge is -2.37. The first-order valence-corrected chi connectivity index (χ1v) is 11.7. The van der Waals surface area contributed by atoms with Gasteiger partial charge in [-0.1, -0.05) is 49.1 Å². The maximum Gasteiger partial charge on any atom is 0.303 e. The quantitative estimate of drug-likeness (QED) is 0.407. The summed E-state index contributed by atoms with van der Waals surface area (Å²) in [6, 6.07) is 6.92. The molecule has 28 heavy (non-hydrogen) atoms. The minimum atomic E-state index is -3.47. The van der Waals surface area contributed by atoms with E-state index in [1.54, 1.807) is 12.1 Å². The van der Waals surface area contributed by atoms with Gasteiger partial charge in [-0.05, 0) is 63.0 Å². The van der Waals surface area contributed by atoms with Crippen LogP contribution in [0.15, 0.2) is 41.3 Å². The number of sulfonamides is 1. The van der Waals surface area contributed by atoms with Gasteiger partial charge in [0, 0.05) is 13.0 Å². The van der Waals surface area contributed by atoms with Crippen molar-refractivity contribution >= 4 is 16.0 Å². The number of rotatable bonds is 11. The summed E-state index contributed by atoms with van der Waals surface area (Å²) in [5.74, 6) is -0.752. The molecule has 0 heterocycles. The lowest BCUT2D eigenvalue weighted by molar-refractivity contribution is -0.137. The summed E-state index contributed by atoms with van der Waals surface area (Å²) in [5, 5.41) is 8.69. The minimum absolute atomic E-state index is 0.150. The molecule has 0 atom stereocenters. The summed E-state index contributed by atoms with van der Waals surface area (Å²) in [6.07, 6.45) is 13.5. The van der Waals surface area contributed by atoms with Gasteiger partial charge in [0.2, 0.25) is 10.0 Å². The highest BCUT2D eigenvalue weighted by Crippen LogP contribution is 2.42. The largest absolute Gasteiger partial charge is 0.481 e. The van der Waals surface area contributed by atoms with Crippen LogP contribution in [0.25, 0.3) is 0 Å². The summed E-state index contributed by atoms with van der Waals surface area (Å²) >= 11 is 0. The zero-order valence-electron chi connectivity index (χ0n) is 16.8. The Bertz CT molecular complexity index is 747. The minimum Gasteiger partial charge on any atom is -0.481 e. The Balaban J connectivity index is 1.88. The Morgan fingerprint density at radius 1 is 1.14 bits per heavy atom. The lowest BCUT2D eigenvalue weighted by atomic mass is 9.69. The molecular weight excluding hydrogens is 374 g/mol. The van der Waals surface area contributed by atoms with E-state index < -0.39 is 16.0 Å². The summed E-state index contributed by atoms with van der Waals surface area (Å²) < 4.78 is 27.8. The van der Waals surface area contributed by atoms with E-state index in [0.717, 1.165) is 37.7 Å². The van der Waals surface area contributed by atoms with Crippen molar-refractivity contribution in [1.82, 2.24) is 4.72 Å². The lowest BCUT2D eigenvalue weighted by Crippen LogP contribution is -2.32. The van der Waals surface area contributed by atoms with Crippen LogP contribution in [0.5, 0.6) is 0 Å². The average Bonchev–Trinajstić information content (AvgIpc) is 2.65. The molecule has 0 bridgehead atoms. The first-order chi connectivity index (χ1) is 13.3. The van der Waals surface area contributed by atoms with E-state index in [1.807, 2.05) is 19.1 Å². The molecule has 1 saturated carbocycles. The Labute approximate surface area is 169 Å². The number of aliphatic carboxylic acids is 1. The van der Waals surface area contributed by atoms with Crippen LogP contribution in [0, 0.1) is 12.3 Å². The van der Waals surface area contributed by atoms with Gasteiger partial charge in [-0.2, -0.15) is 0 Å². The van der Waals surface area contributed by atoms with Crippen molar-refractivity contribution in [2.45, 2.75) is 76.0 Å². The molecule has 6 heteroatoms. The van der Waals surface area contributed by atoms with E-state index in [4.69, 9.17) is 5.11 Å². The molecular formula is C22H33NO4S. The van der Waals surface area contributed by atoms with Crippen molar-refractivity contribution in [3.8, 4) is 0 Å². The Morgan fingerprint density at radius 2 is 1.82 bits per heavy atom. The van der Waals surface area contributed by atoms with Gasteiger partial charge in [-0.15, -0.1) is 0 Å². The molecule has 2 N–H and O–H groups in total. The molecule has 1 fully saturated rings. The second-order valence-corrected chi connectivity index (χ2v) is 9.75. The van der Waals surface area contributed by atoms with E-state index >= 15 is 0 Å². The van der Waals surface area contributed by atoms with E-state index in [9.17, 15) is 13.2 Å². The summed E-state index contributed by atoms with van der Waals surface area (Å²) in [5.41, 5.74) is 1.19. The number of hydrogen-bond acceptors (Lipinski definition) is 3. The van der Waals surface area contributed by atoms with Gasteiger partial charge in [0.25, 0.3) is 0 Å². The number of hydrogen-bond donors (Lipinski definition) is 2. The number of carboxylic acid groups (broad SMARTS) is 1. The number of allylic oxidation sites excluding steroid dienone is 2. The molecule has 156 valence electrons. The van der Waals surface area contributed by atoms with Crippen LogP contribution in [-0.4, -0.2) is 26.0 Å². The fourth-order valence-electron chi connectivity index (χ4n) is 3.93. The van der Waals surface area contributed by atoms with E-state index in [-0.39, 0.29) is 11.8 Å². The molecule has 0 aliphatic heterocycles. The zero-order chi connectivity index (χ0) is 20.5. The third kappa shape index (κ3) is 7.40. The molecule has 0 aromatic heterocycles. The van der Waals surface area contributed by atoms with Crippen molar-refractivity contribution in [3.05, 3.63) is 42.0 Å². The van der Waals surface area contributed by atoms with Gasteiger partial charge >= 0.3 is 5.97 Å². The van der Waals surface area contributed by atoms with Gasteiger partial charge in [-0.3, -0.25) is 4.79 Å². The molecule has 0 saturated heterocycles. The average molecular weight is 408 g/mol. The molecule has 1 aliphatic carbocycles.